The summed E-state index contributed by atoms with van der Waals surface area (Å²) in [5, 5.41) is 20.9. The first-order valence-electron chi connectivity index (χ1n) is 15.5. The Bertz CT molecular complexity index is 1900. The van der Waals surface area contributed by atoms with Crippen molar-refractivity contribution in [2.45, 2.75) is 51.2 Å². The van der Waals surface area contributed by atoms with Gasteiger partial charge in [-0.3, -0.25) is 9.88 Å². The first kappa shape index (κ1) is 34.8. The van der Waals surface area contributed by atoms with Crippen LogP contribution >= 0.6 is 23.2 Å². The molecule has 4 aromatic rings. The largest absolute Gasteiger partial charge is 0.465 e. The van der Waals surface area contributed by atoms with Crippen molar-refractivity contribution < 1.29 is 13.9 Å². The fourth-order valence-corrected chi connectivity index (χ4v) is 6.23. The zero-order valence-electron chi connectivity index (χ0n) is 27.2. The van der Waals surface area contributed by atoms with Crippen molar-refractivity contribution in [3.8, 4) is 6.07 Å². The van der Waals surface area contributed by atoms with Gasteiger partial charge in [-0.15, -0.1) is 0 Å². The molecule has 0 aliphatic carbocycles. The number of anilines is 3. The van der Waals surface area contributed by atoms with Crippen LogP contribution in [0.2, 0.25) is 10.0 Å². The van der Waals surface area contributed by atoms with Gasteiger partial charge in [0.2, 0.25) is 0 Å². The van der Waals surface area contributed by atoms with Gasteiger partial charge >= 0.3 is 5.97 Å². The maximum Gasteiger partial charge on any atom is 0.337 e. The number of carbonyl (C=O) groups excluding carboxylic acids is 1. The van der Waals surface area contributed by atoms with Gasteiger partial charge in [-0.25, -0.2) is 9.18 Å². The Morgan fingerprint density at radius 3 is 2.52 bits per heavy atom. The minimum atomic E-state index is -0.593. The third kappa shape index (κ3) is 7.93. The lowest BCUT2D eigenvalue weighted by Gasteiger charge is -2.41. The number of piperidine rings is 1. The molecule has 1 aromatic heterocycles. The molecule has 5 N–H and O–H groups in total. The fourth-order valence-electron chi connectivity index (χ4n) is 5.78. The number of benzene rings is 3. The highest BCUT2D eigenvalue weighted by molar-refractivity contribution is 6.36. The number of hydrogen-bond acceptors (Lipinski definition) is 9. The Labute approximate surface area is 289 Å². The predicted octanol–water partition coefficient (Wildman–Crippen LogP) is 7.89. The van der Waals surface area contributed by atoms with Gasteiger partial charge in [0.25, 0.3) is 0 Å². The first-order chi connectivity index (χ1) is 22.9. The minimum Gasteiger partial charge on any atom is -0.465 e. The van der Waals surface area contributed by atoms with E-state index in [2.05, 4.69) is 52.7 Å². The topological polar surface area (TPSA) is 128 Å². The van der Waals surface area contributed by atoms with E-state index in [4.69, 9.17) is 33.7 Å². The molecule has 0 bridgehead atoms. The average molecular weight is 691 g/mol. The van der Waals surface area contributed by atoms with Crippen molar-refractivity contribution in [1.29, 1.82) is 5.26 Å². The van der Waals surface area contributed by atoms with Gasteiger partial charge in [0.1, 0.15) is 11.9 Å². The van der Waals surface area contributed by atoms with E-state index in [0.29, 0.717) is 44.2 Å². The number of halogens is 3. The molecule has 48 heavy (non-hydrogen) atoms. The smallest absolute Gasteiger partial charge is 0.337 e. The molecule has 1 aliphatic rings. The molecule has 0 saturated carbocycles. The number of nitrogens with one attached hydrogen (secondary N) is 3. The van der Waals surface area contributed by atoms with Crippen LogP contribution in [0, 0.1) is 17.1 Å². The molecule has 2 heterocycles. The highest BCUT2D eigenvalue weighted by Gasteiger charge is 2.27. The number of rotatable bonds is 9. The summed E-state index contributed by atoms with van der Waals surface area (Å²) in [6, 6.07) is 16.6. The maximum atomic E-state index is 13.9. The summed E-state index contributed by atoms with van der Waals surface area (Å²) in [5.41, 5.74) is 10.7. The number of pyridine rings is 1. The third-order valence-corrected chi connectivity index (χ3v) is 9.03. The normalized spacial score (nSPS) is 15.1. The molecule has 1 atom stereocenters. The van der Waals surface area contributed by atoms with Crippen LogP contribution in [-0.2, 0) is 4.74 Å². The predicted molar refractivity (Wildman–Crippen MR) is 190 cm³/mol. The Morgan fingerprint density at radius 2 is 1.85 bits per heavy atom. The molecule has 3 aromatic carbocycles. The van der Waals surface area contributed by atoms with Crippen LogP contribution in [0.1, 0.15) is 61.1 Å². The zero-order valence-corrected chi connectivity index (χ0v) is 28.7. The highest BCUT2D eigenvalue weighted by Crippen LogP contribution is 2.37. The number of fused-ring (bicyclic) bond motifs is 1. The fraction of sp³-hybridized carbons (Fsp3) is 0.306. The van der Waals surface area contributed by atoms with Crippen molar-refractivity contribution in [3.05, 3.63) is 105 Å². The van der Waals surface area contributed by atoms with E-state index >= 15 is 0 Å². The molecule has 1 saturated heterocycles. The molecule has 1 aliphatic heterocycles. The Balaban J connectivity index is 1.51. The summed E-state index contributed by atoms with van der Waals surface area (Å²) in [7, 11) is 1.33. The number of nitrogens with zero attached hydrogens (tertiary/aromatic N) is 3. The molecule has 5 rings (SSSR count). The number of carbonyl (C=O) groups is 1. The van der Waals surface area contributed by atoms with Crippen LogP contribution in [0.25, 0.3) is 10.9 Å². The SMILES string of the molecule is COC(=O)c1cccc(C(Nc2cc(Cl)c3ncc(C#N)c(Nc4ccc(F)c(Cl)c4)c3c2)/C(N)=C/NC2CCN(C(C)(C)C)CC2)c1. The number of ether oxygens (including phenoxy) is 1. The summed E-state index contributed by atoms with van der Waals surface area (Å²) < 4.78 is 18.8. The number of aromatic nitrogens is 1. The number of hydrogen-bond donors (Lipinski definition) is 4. The van der Waals surface area contributed by atoms with Gasteiger partial charge in [-0.05, 0) is 81.6 Å². The van der Waals surface area contributed by atoms with E-state index in [-0.39, 0.29) is 22.2 Å². The van der Waals surface area contributed by atoms with E-state index in [1.165, 1.54) is 31.5 Å². The third-order valence-electron chi connectivity index (χ3n) is 8.45. The molecule has 250 valence electrons. The highest BCUT2D eigenvalue weighted by atomic mass is 35.5. The summed E-state index contributed by atoms with van der Waals surface area (Å²) in [5.74, 6) is -1.03. The second-order valence-corrected chi connectivity index (χ2v) is 13.5. The first-order valence-corrected chi connectivity index (χ1v) is 16.3. The summed E-state index contributed by atoms with van der Waals surface area (Å²) in [6.07, 6.45) is 5.19. The molecule has 12 heteroatoms. The van der Waals surface area contributed by atoms with E-state index in [1.54, 1.807) is 24.3 Å². The Morgan fingerprint density at radius 1 is 1.12 bits per heavy atom. The lowest BCUT2D eigenvalue weighted by Crippen LogP contribution is -2.49. The van der Waals surface area contributed by atoms with Crippen LogP contribution in [0.5, 0.6) is 0 Å². The van der Waals surface area contributed by atoms with E-state index < -0.39 is 17.8 Å². The Kier molecular flexibility index (Phi) is 10.6. The maximum absolute atomic E-state index is 13.9. The average Bonchev–Trinajstić information content (AvgIpc) is 3.07. The van der Waals surface area contributed by atoms with Crippen molar-refractivity contribution in [1.82, 2.24) is 15.2 Å². The summed E-state index contributed by atoms with van der Waals surface area (Å²) >= 11 is 12.8. The summed E-state index contributed by atoms with van der Waals surface area (Å²) in [6.45, 7) is 8.64. The number of esters is 1. The van der Waals surface area contributed by atoms with Gasteiger partial charge in [-0.2, -0.15) is 5.26 Å². The number of methoxy groups -OCH3 is 1. The second kappa shape index (κ2) is 14.7. The molecule has 0 spiro atoms. The second-order valence-electron chi connectivity index (χ2n) is 12.7. The van der Waals surface area contributed by atoms with Crippen LogP contribution in [0.15, 0.2) is 72.7 Å². The molecular formula is C36H38Cl2FN7O2. The molecule has 0 radical (unpaired) electrons. The lowest BCUT2D eigenvalue weighted by atomic mass is 9.98. The van der Waals surface area contributed by atoms with Gasteiger partial charge in [0.15, 0.2) is 0 Å². The van der Waals surface area contributed by atoms with Gasteiger partial charge in [0, 0.05) is 53.8 Å². The number of likely N-dealkylation sites (tertiary alicyclic amines) is 1. The molecule has 1 fully saturated rings. The monoisotopic (exact) mass is 689 g/mol. The number of nitrogens with two attached hydrogens (primary N) is 1. The standard InChI is InChI=1S/C36H38Cl2FN7O2/c1-36(2,3)46-12-10-24(11-13-46)42-20-31(41)33(21-6-5-7-22(14-21)35(47)48-4)45-26-15-27-32(44-25-8-9-30(39)28(37)16-25)23(18-40)19-43-34(27)29(38)17-26/h5-9,14-17,19-20,24,33,42,45H,10-13,41H2,1-4H3,(H,43,44)/b31-20-. The van der Waals surface area contributed by atoms with Crippen LogP contribution in [0.3, 0.4) is 0 Å². The van der Waals surface area contributed by atoms with Crippen molar-refractivity contribution in [2.24, 2.45) is 5.73 Å². The molecule has 1 unspecified atom stereocenters. The van der Waals surface area contributed by atoms with Crippen LogP contribution in [-0.4, -0.2) is 47.6 Å². The van der Waals surface area contributed by atoms with E-state index in [1.807, 2.05) is 18.3 Å². The molecule has 0 amide bonds. The van der Waals surface area contributed by atoms with Gasteiger partial charge < -0.3 is 26.4 Å². The van der Waals surface area contributed by atoms with Crippen molar-refractivity contribution >= 4 is 57.1 Å². The van der Waals surface area contributed by atoms with E-state index in [9.17, 15) is 14.4 Å². The van der Waals surface area contributed by atoms with Crippen LogP contribution in [0.4, 0.5) is 21.5 Å². The van der Waals surface area contributed by atoms with Gasteiger partial charge in [0.05, 0.1) is 51.2 Å². The van der Waals surface area contributed by atoms with E-state index in [0.717, 1.165) is 31.5 Å². The van der Waals surface area contributed by atoms with Crippen molar-refractivity contribution in [3.63, 3.8) is 0 Å². The lowest BCUT2D eigenvalue weighted by molar-refractivity contribution is 0.0600. The quantitative estimate of drug-likeness (QED) is 0.130. The molecule has 9 nitrogen and oxygen atoms in total. The minimum absolute atomic E-state index is 0.0649. The number of nitriles is 1. The van der Waals surface area contributed by atoms with Gasteiger partial charge in [-0.1, -0.05) is 35.3 Å². The Hall–Kier alpha value is -4.56. The zero-order chi connectivity index (χ0) is 34.6. The molecular weight excluding hydrogens is 652 g/mol. The van der Waals surface area contributed by atoms with Crippen molar-refractivity contribution in [2.75, 3.05) is 30.8 Å². The van der Waals surface area contributed by atoms with Crippen LogP contribution < -0.4 is 21.7 Å². The summed E-state index contributed by atoms with van der Waals surface area (Å²) in [4.78, 5) is 19.3.